The third-order valence-electron chi connectivity index (χ3n) is 2.37. The van der Waals surface area contributed by atoms with Gasteiger partial charge in [-0.3, -0.25) is 0 Å². The summed E-state index contributed by atoms with van der Waals surface area (Å²) >= 11 is 0. The van der Waals surface area contributed by atoms with Crippen LogP contribution in [0.1, 0.15) is 11.1 Å². The van der Waals surface area contributed by atoms with Crippen LogP contribution in [0, 0.1) is 0 Å². The molecule has 1 aromatic rings. The molecule has 0 fully saturated rings. The predicted molar refractivity (Wildman–Crippen MR) is 55.3 cm³/mol. The molecule has 2 heteroatoms. The number of benzene rings is 1. The van der Waals surface area contributed by atoms with Crippen molar-refractivity contribution in [2.24, 2.45) is 0 Å². The summed E-state index contributed by atoms with van der Waals surface area (Å²) in [5.74, 6) is 1.00. The summed E-state index contributed by atoms with van der Waals surface area (Å²) in [5, 5.41) is 3.12. The summed E-state index contributed by atoms with van der Waals surface area (Å²) in [6, 6.07) is 4.19. The van der Waals surface area contributed by atoms with Crippen molar-refractivity contribution in [3.05, 3.63) is 29.8 Å². The van der Waals surface area contributed by atoms with E-state index < -0.39 is 0 Å². The Bertz CT molecular complexity index is 344. The zero-order valence-electron chi connectivity index (χ0n) is 7.76. The van der Waals surface area contributed by atoms with E-state index in [-0.39, 0.29) is 0 Å². The van der Waals surface area contributed by atoms with Crippen LogP contribution < -0.4 is 10.1 Å². The van der Waals surface area contributed by atoms with Gasteiger partial charge in [0, 0.05) is 24.7 Å². The number of fused-ring (bicyclic) bond motifs is 1. The van der Waals surface area contributed by atoms with Gasteiger partial charge in [0.2, 0.25) is 0 Å². The van der Waals surface area contributed by atoms with Crippen LogP contribution in [-0.2, 0) is 6.42 Å². The van der Waals surface area contributed by atoms with Crippen LogP contribution in [0.3, 0.4) is 0 Å². The maximum atomic E-state index is 5.55. The Labute approximate surface area is 78.2 Å². The first-order chi connectivity index (χ1) is 6.36. The van der Waals surface area contributed by atoms with Crippen molar-refractivity contribution in [1.29, 1.82) is 0 Å². The second kappa shape index (κ2) is 3.13. The molecule has 0 aliphatic carbocycles. The molecule has 0 unspecified atom stereocenters. The largest absolute Gasteiger partial charge is 0.492 e. The van der Waals surface area contributed by atoms with Crippen molar-refractivity contribution >= 4 is 11.8 Å². The van der Waals surface area contributed by atoms with Gasteiger partial charge in [0.1, 0.15) is 5.75 Å². The fourth-order valence-electron chi connectivity index (χ4n) is 1.70. The van der Waals surface area contributed by atoms with Crippen molar-refractivity contribution < 1.29 is 4.74 Å². The highest BCUT2D eigenvalue weighted by molar-refractivity contribution is 5.73. The first-order valence-electron chi connectivity index (χ1n) is 4.45. The van der Waals surface area contributed by atoms with Gasteiger partial charge in [0.25, 0.3) is 0 Å². The second-order valence-corrected chi connectivity index (χ2v) is 3.07. The zero-order valence-corrected chi connectivity index (χ0v) is 7.76. The quantitative estimate of drug-likeness (QED) is 0.744. The number of rotatable bonds is 2. The molecule has 0 radical (unpaired) electrons. The Morgan fingerprint density at radius 3 is 3.08 bits per heavy atom. The molecule has 0 saturated carbocycles. The van der Waals surface area contributed by atoms with Crippen LogP contribution in [0.5, 0.6) is 5.75 Å². The van der Waals surface area contributed by atoms with Crippen LogP contribution >= 0.6 is 0 Å². The minimum Gasteiger partial charge on any atom is -0.492 e. The molecule has 1 heterocycles. The Hall–Kier alpha value is -1.44. The fourth-order valence-corrected chi connectivity index (χ4v) is 1.70. The third-order valence-corrected chi connectivity index (χ3v) is 2.37. The maximum Gasteiger partial charge on any atom is 0.131 e. The molecule has 68 valence electrons. The topological polar surface area (TPSA) is 21.3 Å². The standard InChI is InChI=1S/C11H13NO/c1-3-9-10(12-2)5-4-8-6-7-13-11(8)9/h3-5,12H,1,6-7H2,2H3. The highest BCUT2D eigenvalue weighted by Gasteiger charge is 2.16. The van der Waals surface area contributed by atoms with Gasteiger partial charge >= 0.3 is 0 Å². The third kappa shape index (κ3) is 1.18. The van der Waals surface area contributed by atoms with Gasteiger partial charge in [-0.05, 0) is 11.6 Å². The molecule has 1 aromatic carbocycles. The van der Waals surface area contributed by atoms with Gasteiger partial charge in [-0.15, -0.1) is 0 Å². The lowest BCUT2D eigenvalue weighted by molar-refractivity contribution is 0.356. The highest BCUT2D eigenvalue weighted by atomic mass is 16.5. The Balaban J connectivity index is 2.59. The Morgan fingerprint density at radius 2 is 2.38 bits per heavy atom. The van der Waals surface area contributed by atoms with Crippen molar-refractivity contribution in [3.8, 4) is 5.75 Å². The van der Waals surface area contributed by atoms with Crippen LogP contribution in [-0.4, -0.2) is 13.7 Å². The SMILES string of the molecule is C=Cc1c(NC)ccc2c1OCC2. The molecular formula is C11H13NO. The van der Waals surface area contributed by atoms with Gasteiger partial charge in [0.05, 0.1) is 6.61 Å². The van der Waals surface area contributed by atoms with Crippen molar-refractivity contribution in [2.75, 3.05) is 19.0 Å². The van der Waals surface area contributed by atoms with Gasteiger partial charge in [-0.1, -0.05) is 18.7 Å². The molecule has 0 amide bonds. The lowest BCUT2D eigenvalue weighted by atomic mass is 10.1. The van der Waals surface area contributed by atoms with E-state index in [0.717, 1.165) is 30.0 Å². The van der Waals surface area contributed by atoms with E-state index in [0.29, 0.717) is 0 Å². The average Bonchev–Trinajstić information content (AvgIpc) is 2.63. The molecule has 1 aliphatic rings. The number of nitrogens with one attached hydrogen (secondary N) is 1. The van der Waals surface area contributed by atoms with Crippen LogP contribution in [0.2, 0.25) is 0 Å². The molecule has 0 saturated heterocycles. The molecule has 1 aliphatic heterocycles. The van der Waals surface area contributed by atoms with E-state index in [4.69, 9.17) is 4.74 Å². The highest BCUT2D eigenvalue weighted by Crippen LogP contribution is 2.35. The number of anilines is 1. The number of hydrogen-bond donors (Lipinski definition) is 1. The molecule has 0 aromatic heterocycles. The van der Waals surface area contributed by atoms with Crippen molar-refractivity contribution in [1.82, 2.24) is 0 Å². The second-order valence-electron chi connectivity index (χ2n) is 3.07. The van der Waals surface area contributed by atoms with Crippen LogP contribution in [0.4, 0.5) is 5.69 Å². The number of hydrogen-bond acceptors (Lipinski definition) is 2. The molecule has 1 N–H and O–H groups in total. The molecule has 0 atom stereocenters. The Kier molecular flexibility index (Phi) is 1.97. The monoisotopic (exact) mass is 175 g/mol. The van der Waals surface area contributed by atoms with Crippen LogP contribution in [0.15, 0.2) is 18.7 Å². The maximum absolute atomic E-state index is 5.55. The smallest absolute Gasteiger partial charge is 0.131 e. The van der Waals surface area contributed by atoms with Crippen molar-refractivity contribution in [2.45, 2.75) is 6.42 Å². The first kappa shape index (κ1) is 8.17. The lowest BCUT2D eigenvalue weighted by Gasteiger charge is -2.09. The van der Waals surface area contributed by atoms with E-state index in [9.17, 15) is 0 Å². The molecule has 0 bridgehead atoms. The first-order valence-corrected chi connectivity index (χ1v) is 4.45. The summed E-state index contributed by atoms with van der Waals surface area (Å²) in [7, 11) is 1.91. The van der Waals surface area contributed by atoms with Gasteiger partial charge in [-0.25, -0.2) is 0 Å². The van der Waals surface area contributed by atoms with Crippen molar-refractivity contribution in [3.63, 3.8) is 0 Å². The van der Waals surface area contributed by atoms with Gasteiger partial charge in [0.15, 0.2) is 0 Å². The van der Waals surface area contributed by atoms with Gasteiger partial charge < -0.3 is 10.1 Å². The van der Waals surface area contributed by atoms with Crippen LogP contribution in [0.25, 0.3) is 6.08 Å². The van der Waals surface area contributed by atoms with E-state index in [1.807, 2.05) is 13.1 Å². The lowest BCUT2D eigenvalue weighted by Crippen LogP contribution is -1.94. The summed E-state index contributed by atoms with van der Waals surface area (Å²) in [4.78, 5) is 0. The molecule has 2 rings (SSSR count). The Morgan fingerprint density at radius 1 is 1.54 bits per heavy atom. The predicted octanol–water partition coefficient (Wildman–Crippen LogP) is 2.31. The minimum absolute atomic E-state index is 0.795. The summed E-state index contributed by atoms with van der Waals surface area (Å²) in [5.41, 5.74) is 3.45. The summed E-state index contributed by atoms with van der Waals surface area (Å²) in [6.45, 7) is 4.59. The van der Waals surface area contributed by atoms with Gasteiger partial charge in [-0.2, -0.15) is 0 Å². The van der Waals surface area contributed by atoms with E-state index in [1.165, 1.54) is 5.56 Å². The normalized spacial score (nSPS) is 13.3. The van der Waals surface area contributed by atoms with E-state index in [2.05, 4.69) is 24.0 Å². The molecular weight excluding hydrogens is 162 g/mol. The van der Waals surface area contributed by atoms with E-state index >= 15 is 0 Å². The fraction of sp³-hybridized carbons (Fsp3) is 0.273. The van der Waals surface area contributed by atoms with E-state index in [1.54, 1.807) is 0 Å². The number of ether oxygens (including phenoxy) is 1. The molecule has 2 nitrogen and oxygen atoms in total. The zero-order chi connectivity index (χ0) is 9.26. The molecule has 13 heavy (non-hydrogen) atoms. The summed E-state index contributed by atoms with van der Waals surface area (Å²) < 4.78 is 5.55. The average molecular weight is 175 g/mol. The summed E-state index contributed by atoms with van der Waals surface area (Å²) in [6.07, 6.45) is 2.86. The minimum atomic E-state index is 0.795. The molecule has 0 spiro atoms.